The predicted molar refractivity (Wildman–Crippen MR) is 104 cm³/mol. The number of anilines is 1. The molecule has 0 unspecified atom stereocenters. The first-order valence-corrected chi connectivity index (χ1v) is 9.10. The second kappa shape index (κ2) is 7.40. The molecule has 0 saturated heterocycles. The lowest BCUT2D eigenvalue weighted by molar-refractivity contribution is -0.115. The molecule has 0 aliphatic rings. The van der Waals surface area contributed by atoms with E-state index < -0.39 is 0 Å². The maximum Gasteiger partial charge on any atom is 0.258 e. The Morgan fingerprint density at radius 1 is 1.21 bits per heavy atom. The third kappa shape index (κ3) is 3.72. The quantitative estimate of drug-likeness (QED) is 0.551. The molecule has 3 aromatic heterocycles. The number of rotatable bonds is 5. The number of benzene rings is 1. The second-order valence-electron chi connectivity index (χ2n) is 6.60. The maximum atomic E-state index is 12.3. The SMILES string of the molecule is CC(C)c1noc(-c2ccn3c(CC(=O)Nc4ccc(Cl)cc4)nnc3c2)n1. The van der Waals surface area contributed by atoms with E-state index in [4.69, 9.17) is 16.1 Å². The van der Waals surface area contributed by atoms with E-state index in [2.05, 4.69) is 25.7 Å². The van der Waals surface area contributed by atoms with E-state index in [-0.39, 0.29) is 18.2 Å². The zero-order valence-corrected chi connectivity index (χ0v) is 16.0. The first-order chi connectivity index (χ1) is 13.5. The van der Waals surface area contributed by atoms with Gasteiger partial charge < -0.3 is 9.84 Å². The standard InChI is InChI=1S/C19H17ClN6O2/c1-11(2)18-22-19(28-25-18)12-7-8-26-15(9-12)23-24-16(26)10-17(27)21-14-5-3-13(20)4-6-14/h3-9,11H,10H2,1-2H3,(H,21,27). The highest BCUT2D eigenvalue weighted by Gasteiger charge is 2.15. The van der Waals surface area contributed by atoms with Gasteiger partial charge in [0, 0.05) is 28.4 Å². The minimum atomic E-state index is -0.195. The van der Waals surface area contributed by atoms with Gasteiger partial charge in [0.2, 0.25) is 5.91 Å². The molecule has 4 aromatic rings. The molecular formula is C19H17ClN6O2. The number of aromatic nitrogens is 5. The van der Waals surface area contributed by atoms with E-state index in [1.165, 1.54) is 0 Å². The zero-order chi connectivity index (χ0) is 19.7. The normalized spacial score (nSPS) is 11.3. The zero-order valence-electron chi connectivity index (χ0n) is 15.3. The van der Waals surface area contributed by atoms with Crippen LogP contribution in [0.4, 0.5) is 5.69 Å². The summed E-state index contributed by atoms with van der Waals surface area (Å²) in [5.41, 5.74) is 2.01. The van der Waals surface area contributed by atoms with Crippen LogP contribution in [0.1, 0.15) is 31.4 Å². The highest BCUT2D eigenvalue weighted by molar-refractivity contribution is 6.30. The number of nitrogens with zero attached hydrogens (tertiary/aromatic N) is 5. The monoisotopic (exact) mass is 396 g/mol. The first-order valence-electron chi connectivity index (χ1n) is 8.72. The summed E-state index contributed by atoms with van der Waals surface area (Å²) in [4.78, 5) is 16.7. The average molecular weight is 397 g/mol. The van der Waals surface area contributed by atoms with Gasteiger partial charge in [-0.1, -0.05) is 30.6 Å². The summed E-state index contributed by atoms with van der Waals surface area (Å²) in [6, 6.07) is 10.5. The summed E-state index contributed by atoms with van der Waals surface area (Å²) in [6.45, 7) is 4.00. The Bertz CT molecular complexity index is 1130. The minimum Gasteiger partial charge on any atom is -0.334 e. The molecule has 0 bridgehead atoms. The van der Waals surface area contributed by atoms with Crippen molar-refractivity contribution in [2.45, 2.75) is 26.2 Å². The number of fused-ring (bicyclic) bond motifs is 1. The van der Waals surface area contributed by atoms with Gasteiger partial charge in [0.05, 0.1) is 6.42 Å². The summed E-state index contributed by atoms with van der Waals surface area (Å²) in [7, 11) is 0. The van der Waals surface area contributed by atoms with Crippen LogP contribution in [-0.4, -0.2) is 30.6 Å². The van der Waals surface area contributed by atoms with Crippen LogP contribution < -0.4 is 5.32 Å². The van der Waals surface area contributed by atoms with Crippen molar-refractivity contribution in [3.63, 3.8) is 0 Å². The number of carbonyl (C=O) groups excluding carboxylic acids is 1. The van der Waals surface area contributed by atoms with Gasteiger partial charge in [0.15, 0.2) is 11.5 Å². The van der Waals surface area contributed by atoms with Gasteiger partial charge in [0.25, 0.3) is 5.89 Å². The number of hydrogen-bond acceptors (Lipinski definition) is 6. The van der Waals surface area contributed by atoms with E-state index in [9.17, 15) is 4.79 Å². The van der Waals surface area contributed by atoms with Gasteiger partial charge in [-0.15, -0.1) is 10.2 Å². The van der Waals surface area contributed by atoms with Crippen molar-refractivity contribution in [3.8, 4) is 11.5 Å². The van der Waals surface area contributed by atoms with E-state index in [1.54, 1.807) is 40.9 Å². The van der Waals surface area contributed by atoms with Crippen molar-refractivity contribution in [1.29, 1.82) is 0 Å². The van der Waals surface area contributed by atoms with Crippen LogP contribution in [0.25, 0.3) is 17.1 Å². The Morgan fingerprint density at radius 3 is 2.71 bits per heavy atom. The molecule has 0 fully saturated rings. The van der Waals surface area contributed by atoms with E-state index in [0.717, 1.165) is 5.56 Å². The maximum absolute atomic E-state index is 12.3. The Labute approximate surface area is 165 Å². The van der Waals surface area contributed by atoms with Crippen LogP contribution in [0, 0.1) is 0 Å². The third-order valence-corrected chi connectivity index (χ3v) is 4.38. The van der Waals surface area contributed by atoms with Crippen molar-refractivity contribution >= 4 is 28.8 Å². The Balaban J connectivity index is 1.52. The summed E-state index contributed by atoms with van der Waals surface area (Å²) >= 11 is 5.85. The van der Waals surface area contributed by atoms with Crippen molar-refractivity contribution in [2.24, 2.45) is 0 Å². The molecule has 0 aliphatic heterocycles. The molecule has 142 valence electrons. The molecule has 8 nitrogen and oxygen atoms in total. The molecule has 1 aromatic carbocycles. The number of pyridine rings is 1. The topological polar surface area (TPSA) is 98.2 Å². The van der Waals surface area contributed by atoms with Crippen molar-refractivity contribution in [2.75, 3.05) is 5.32 Å². The highest BCUT2D eigenvalue weighted by atomic mass is 35.5. The Morgan fingerprint density at radius 2 is 2.00 bits per heavy atom. The third-order valence-electron chi connectivity index (χ3n) is 4.13. The van der Waals surface area contributed by atoms with Gasteiger partial charge in [-0.05, 0) is 36.4 Å². The van der Waals surface area contributed by atoms with Crippen LogP contribution in [0.5, 0.6) is 0 Å². The number of carbonyl (C=O) groups is 1. The van der Waals surface area contributed by atoms with Gasteiger partial charge in [-0.25, -0.2) is 0 Å². The molecule has 0 saturated carbocycles. The van der Waals surface area contributed by atoms with Gasteiger partial charge >= 0.3 is 0 Å². The largest absolute Gasteiger partial charge is 0.334 e. The lowest BCUT2D eigenvalue weighted by Crippen LogP contribution is -2.16. The van der Waals surface area contributed by atoms with Gasteiger partial charge in [0.1, 0.15) is 5.82 Å². The van der Waals surface area contributed by atoms with Crippen molar-refractivity contribution < 1.29 is 9.32 Å². The summed E-state index contributed by atoms with van der Waals surface area (Å²) < 4.78 is 7.07. The molecule has 0 aliphatic carbocycles. The summed E-state index contributed by atoms with van der Waals surface area (Å²) in [5.74, 6) is 1.59. The number of hydrogen-bond donors (Lipinski definition) is 1. The van der Waals surface area contributed by atoms with Crippen LogP contribution in [0.3, 0.4) is 0 Å². The fourth-order valence-electron chi connectivity index (χ4n) is 2.66. The number of amides is 1. The molecule has 0 radical (unpaired) electrons. The molecule has 3 heterocycles. The summed E-state index contributed by atoms with van der Waals surface area (Å²) in [5, 5.41) is 15.7. The van der Waals surface area contributed by atoms with E-state index in [0.29, 0.717) is 33.9 Å². The fraction of sp³-hybridized carbons (Fsp3) is 0.211. The summed E-state index contributed by atoms with van der Waals surface area (Å²) in [6.07, 6.45) is 1.87. The first kappa shape index (κ1) is 18.1. The molecule has 1 N–H and O–H groups in total. The van der Waals surface area contributed by atoms with Crippen LogP contribution in [-0.2, 0) is 11.2 Å². The lowest BCUT2D eigenvalue weighted by Gasteiger charge is -2.05. The highest BCUT2D eigenvalue weighted by Crippen LogP contribution is 2.21. The molecule has 0 atom stereocenters. The molecular weight excluding hydrogens is 380 g/mol. The van der Waals surface area contributed by atoms with Gasteiger partial charge in [-0.2, -0.15) is 4.98 Å². The molecule has 0 spiro atoms. The minimum absolute atomic E-state index is 0.0845. The van der Waals surface area contributed by atoms with Crippen molar-refractivity contribution in [1.82, 2.24) is 24.7 Å². The van der Waals surface area contributed by atoms with Crippen LogP contribution in [0.2, 0.25) is 5.02 Å². The van der Waals surface area contributed by atoms with Crippen molar-refractivity contribution in [3.05, 3.63) is 59.3 Å². The predicted octanol–water partition coefficient (Wildman–Crippen LogP) is 3.74. The molecule has 1 amide bonds. The number of halogens is 1. The molecule has 28 heavy (non-hydrogen) atoms. The second-order valence-corrected chi connectivity index (χ2v) is 7.04. The van der Waals surface area contributed by atoms with Crippen LogP contribution >= 0.6 is 11.6 Å². The Kier molecular flexibility index (Phi) is 4.79. The fourth-order valence-corrected chi connectivity index (χ4v) is 2.79. The van der Waals surface area contributed by atoms with E-state index in [1.807, 2.05) is 19.9 Å². The molecule has 4 rings (SSSR count). The lowest BCUT2D eigenvalue weighted by atomic mass is 10.2. The average Bonchev–Trinajstić information content (AvgIpc) is 3.31. The van der Waals surface area contributed by atoms with Crippen LogP contribution in [0.15, 0.2) is 47.1 Å². The Hall–Kier alpha value is -3.26. The van der Waals surface area contributed by atoms with Gasteiger partial charge in [-0.3, -0.25) is 9.20 Å². The number of nitrogens with one attached hydrogen (secondary N) is 1. The smallest absolute Gasteiger partial charge is 0.258 e. The molecule has 9 heteroatoms. The van der Waals surface area contributed by atoms with E-state index >= 15 is 0 Å².